The Labute approximate surface area is 77.6 Å². The molecule has 0 unspecified atom stereocenters. The molecule has 0 saturated carbocycles. The van der Waals surface area contributed by atoms with Gasteiger partial charge in [0.25, 0.3) is 0 Å². The van der Waals surface area contributed by atoms with Gasteiger partial charge in [-0.15, -0.1) is 0 Å². The van der Waals surface area contributed by atoms with E-state index in [4.69, 9.17) is 10.2 Å². The maximum absolute atomic E-state index is 10.7. The number of carboxylic acid groups (broad SMARTS) is 2. The van der Waals surface area contributed by atoms with Gasteiger partial charge < -0.3 is 10.2 Å². The Balaban J connectivity index is 3.95. The average Bonchev–Trinajstić information content (AvgIpc) is 1.96. The lowest BCUT2D eigenvalue weighted by Crippen LogP contribution is -2.17. The third-order valence-corrected chi connectivity index (χ3v) is 1.81. The minimum absolute atomic E-state index is 0.0658. The van der Waals surface area contributed by atoms with E-state index in [9.17, 15) is 9.59 Å². The summed E-state index contributed by atoms with van der Waals surface area (Å²) >= 11 is 0. The fraction of sp³-hybridized carbons (Fsp3) is 0.778. The van der Waals surface area contributed by atoms with Crippen LogP contribution in [0, 0.1) is 11.8 Å². The summed E-state index contributed by atoms with van der Waals surface area (Å²) in [6, 6.07) is 0. The van der Waals surface area contributed by atoms with Gasteiger partial charge in [-0.1, -0.05) is 13.8 Å². The van der Waals surface area contributed by atoms with Crippen LogP contribution in [0.15, 0.2) is 0 Å². The van der Waals surface area contributed by atoms with Crippen LogP contribution in [0.5, 0.6) is 0 Å². The van der Waals surface area contributed by atoms with Gasteiger partial charge in [0.05, 0.1) is 5.92 Å². The molecule has 0 aliphatic heterocycles. The van der Waals surface area contributed by atoms with Gasteiger partial charge >= 0.3 is 11.9 Å². The Bertz CT molecular complexity index is 186. The molecule has 0 aromatic carbocycles. The van der Waals surface area contributed by atoms with Crippen molar-refractivity contribution in [1.29, 1.82) is 0 Å². The van der Waals surface area contributed by atoms with Gasteiger partial charge in [-0.25, -0.2) is 0 Å². The van der Waals surface area contributed by atoms with E-state index in [0.29, 0.717) is 6.42 Å². The van der Waals surface area contributed by atoms with Crippen molar-refractivity contribution in [3.8, 4) is 0 Å². The molecule has 13 heavy (non-hydrogen) atoms. The predicted molar refractivity (Wildman–Crippen MR) is 47.5 cm³/mol. The molecule has 0 radical (unpaired) electrons. The Morgan fingerprint density at radius 2 is 1.77 bits per heavy atom. The standard InChI is InChI=1S/C9H16O4/c1-6(2)5-7(9(12)13)3-4-8(10)11/h6-7H,3-5H2,1-2H3,(H,10,11)(H,12,13)/t7-/m1/s1. The first-order chi connectivity index (χ1) is 5.93. The first-order valence-corrected chi connectivity index (χ1v) is 4.38. The van der Waals surface area contributed by atoms with Gasteiger partial charge in [0.15, 0.2) is 0 Å². The van der Waals surface area contributed by atoms with Crippen molar-refractivity contribution in [1.82, 2.24) is 0 Å². The van der Waals surface area contributed by atoms with Gasteiger partial charge in [0.1, 0.15) is 0 Å². The molecule has 2 N–H and O–H groups in total. The maximum Gasteiger partial charge on any atom is 0.306 e. The second-order valence-corrected chi connectivity index (χ2v) is 3.60. The van der Waals surface area contributed by atoms with Crippen LogP contribution in [-0.2, 0) is 9.59 Å². The zero-order chi connectivity index (χ0) is 10.4. The van der Waals surface area contributed by atoms with Crippen LogP contribution < -0.4 is 0 Å². The summed E-state index contributed by atoms with van der Waals surface area (Å²) in [5.74, 6) is -2.06. The molecular weight excluding hydrogens is 172 g/mol. The molecule has 0 spiro atoms. The van der Waals surface area contributed by atoms with E-state index in [1.54, 1.807) is 0 Å². The molecule has 0 aromatic rings. The Hall–Kier alpha value is -1.06. The summed E-state index contributed by atoms with van der Waals surface area (Å²) in [6.45, 7) is 3.85. The molecule has 0 amide bonds. The lowest BCUT2D eigenvalue weighted by molar-refractivity contribution is -0.143. The number of hydrogen-bond donors (Lipinski definition) is 2. The van der Waals surface area contributed by atoms with Crippen molar-refractivity contribution < 1.29 is 19.8 Å². The van der Waals surface area contributed by atoms with Crippen LogP contribution in [0.4, 0.5) is 0 Å². The number of carbonyl (C=O) groups is 2. The van der Waals surface area contributed by atoms with Crippen molar-refractivity contribution in [2.24, 2.45) is 11.8 Å². The monoisotopic (exact) mass is 188 g/mol. The van der Waals surface area contributed by atoms with Crippen LogP contribution in [0.2, 0.25) is 0 Å². The minimum Gasteiger partial charge on any atom is -0.481 e. The van der Waals surface area contributed by atoms with Crippen molar-refractivity contribution >= 4 is 11.9 Å². The van der Waals surface area contributed by atoms with Crippen molar-refractivity contribution in [2.45, 2.75) is 33.1 Å². The van der Waals surface area contributed by atoms with E-state index < -0.39 is 17.9 Å². The van der Waals surface area contributed by atoms with Crippen LogP contribution >= 0.6 is 0 Å². The molecule has 1 atom stereocenters. The highest BCUT2D eigenvalue weighted by Crippen LogP contribution is 2.17. The lowest BCUT2D eigenvalue weighted by Gasteiger charge is -2.12. The molecule has 0 saturated heterocycles. The zero-order valence-corrected chi connectivity index (χ0v) is 7.99. The van der Waals surface area contributed by atoms with E-state index in [1.807, 2.05) is 13.8 Å². The Morgan fingerprint density at radius 3 is 2.08 bits per heavy atom. The first-order valence-electron chi connectivity index (χ1n) is 4.38. The van der Waals surface area contributed by atoms with E-state index in [1.165, 1.54) is 0 Å². The topological polar surface area (TPSA) is 74.6 Å². The minimum atomic E-state index is -0.935. The fourth-order valence-electron chi connectivity index (χ4n) is 1.21. The highest BCUT2D eigenvalue weighted by Gasteiger charge is 2.19. The van der Waals surface area contributed by atoms with Crippen molar-refractivity contribution in [3.63, 3.8) is 0 Å². The molecule has 4 nitrogen and oxygen atoms in total. The van der Waals surface area contributed by atoms with Gasteiger partial charge in [0, 0.05) is 6.42 Å². The molecule has 4 heteroatoms. The number of aliphatic carboxylic acids is 2. The zero-order valence-electron chi connectivity index (χ0n) is 7.99. The van der Waals surface area contributed by atoms with Crippen LogP contribution in [0.25, 0.3) is 0 Å². The molecule has 0 aromatic heterocycles. The third kappa shape index (κ3) is 6.13. The van der Waals surface area contributed by atoms with Crippen molar-refractivity contribution in [2.75, 3.05) is 0 Å². The van der Waals surface area contributed by atoms with Gasteiger partial charge in [-0.2, -0.15) is 0 Å². The van der Waals surface area contributed by atoms with Gasteiger partial charge in [0.2, 0.25) is 0 Å². The summed E-state index contributed by atoms with van der Waals surface area (Å²) in [4.78, 5) is 20.9. The van der Waals surface area contributed by atoms with Crippen LogP contribution in [0.1, 0.15) is 33.1 Å². The number of rotatable bonds is 6. The summed E-state index contributed by atoms with van der Waals surface area (Å²) in [5, 5.41) is 17.1. The molecular formula is C9H16O4. The second-order valence-electron chi connectivity index (χ2n) is 3.60. The van der Waals surface area contributed by atoms with Crippen molar-refractivity contribution in [3.05, 3.63) is 0 Å². The predicted octanol–water partition coefficient (Wildman–Crippen LogP) is 1.60. The number of hydrogen-bond acceptors (Lipinski definition) is 2. The summed E-state index contributed by atoms with van der Waals surface area (Å²) in [6.07, 6.45) is 0.704. The van der Waals surface area contributed by atoms with E-state index in [-0.39, 0.29) is 18.8 Å². The molecule has 0 aliphatic carbocycles. The molecule has 0 bridgehead atoms. The third-order valence-electron chi connectivity index (χ3n) is 1.81. The largest absolute Gasteiger partial charge is 0.481 e. The van der Waals surface area contributed by atoms with Gasteiger partial charge in [-0.05, 0) is 18.8 Å². The quantitative estimate of drug-likeness (QED) is 0.663. The molecule has 0 fully saturated rings. The van der Waals surface area contributed by atoms with Crippen LogP contribution in [0.3, 0.4) is 0 Å². The SMILES string of the molecule is CC(C)C[C@@H](CCC(=O)O)C(=O)O. The average molecular weight is 188 g/mol. The highest BCUT2D eigenvalue weighted by molar-refractivity contribution is 5.72. The molecule has 0 rings (SSSR count). The van der Waals surface area contributed by atoms with Gasteiger partial charge in [-0.3, -0.25) is 9.59 Å². The first kappa shape index (κ1) is 11.9. The van der Waals surface area contributed by atoms with E-state index >= 15 is 0 Å². The molecule has 0 aliphatic rings. The fourth-order valence-corrected chi connectivity index (χ4v) is 1.21. The lowest BCUT2D eigenvalue weighted by atomic mass is 9.93. The van der Waals surface area contributed by atoms with E-state index in [2.05, 4.69) is 0 Å². The summed E-state index contributed by atoms with van der Waals surface area (Å²) < 4.78 is 0. The number of carboxylic acids is 2. The Morgan fingerprint density at radius 1 is 1.23 bits per heavy atom. The Kier molecular flexibility index (Phi) is 5.11. The van der Waals surface area contributed by atoms with Crippen LogP contribution in [-0.4, -0.2) is 22.2 Å². The van der Waals surface area contributed by atoms with E-state index in [0.717, 1.165) is 0 Å². The second kappa shape index (κ2) is 5.56. The summed E-state index contributed by atoms with van der Waals surface area (Å²) in [5.41, 5.74) is 0. The molecule has 0 heterocycles. The summed E-state index contributed by atoms with van der Waals surface area (Å²) in [7, 11) is 0. The normalized spacial score (nSPS) is 12.8. The highest BCUT2D eigenvalue weighted by atomic mass is 16.4. The molecule has 76 valence electrons. The maximum atomic E-state index is 10.7. The smallest absolute Gasteiger partial charge is 0.306 e.